The lowest BCUT2D eigenvalue weighted by Crippen LogP contribution is -1.82. The van der Waals surface area contributed by atoms with Gasteiger partial charge in [-0.15, -0.1) is 0 Å². The summed E-state index contributed by atoms with van der Waals surface area (Å²) in [6.45, 7) is 0. The van der Waals surface area contributed by atoms with Crippen LogP contribution >= 0.6 is 23.2 Å². The first-order valence-electron chi connectivity index (χ1n) is 5.65. The van der Waals surface area contributed by atoms with E-state index in [1.807, 2.05) is 18.2 Å². The maximum atomic E-state index is 6.17. The molecule has 0 spiro atoms. The molecular weight excluding hydrogens is 281 g/mol. The Bertz CT molecular complexity index is 708. The largest absolute Gasteiger partial charge is 0.338 e. The van der Waals surface area contributed by atoms with E-state index in [-0.39, 0.29) is 0 Å². The Kier molecular flexibility index (Phi) is 3.23. The third-order valence-electron chi connectivity index (χ3n) is 2.75. The molecule has 2 heterocycles. The quantitative estimate of drug-likeness (QED) is 0.757. The highest BCUT2D eigenvalue weighted by molar-refractivity contribution is 6.35. The molecule has 0 unspecified atom stereocenters. The van der Waals surface area contributed by atoms with Crippen LogP contribution in [0.1, 0.15) is 0 Å². The first-order chi connectivity index (χ1) is 9.24. The lowest BCUT2D eigenvalue weighted by molar-refractivity contribution is 1.27. The molecule has 0 saturated heterocycles. The van der Waals surface area contributed by atoms with E-state index in [9.17, 15) is 0 Å². The van der Waals surface area contributed by atoms with Crippen LogP contribution in [0.3, 0.4) is 0 Å². The highest BCUT2D eigenvalue weighted by Gasteiger charge is 2.09. The van der Waals surface area contributed by atoms with Crippen LogP contribution in [-0.4, -0.2) is 15.0 Å². The maximum absolute atomic E-state index is 6.17. The van der Waals surface area contributed by atoms with Crippen molar-refractivity contribution in [3.63, 3.8) is 0 Å². The second-order valence-electron chi connectivity index (χ2n) is 4.01. The second kappa shape index (κ2) is 5.03. The minimum atomic E-state index is 0.634. The first kappa shape index (κ1) is 12.2. The summed E-state index contributed by atoms with van der Waals surface area (Å²) in [5.74, 6) is 0.772. The van der Waals surface area contributed by atoms with Gasteiger partial charge in [-0.25, -0.2) is 4.98 Å². The van der Waals surface area contributed by atoms with Crippen molar-refractivity contribution in [2.45, 2.75) is 0 Å². The van der Waals surface area contributed by atoms with Crippen molar-refractivity contribution in [3.8, 4) is 22.6 Å². The van der Waals surface area contributed by atoms with E-state index in [4.69, 9.17) is 23.2 Å². The number of H-pyrrole nitrogens is 1. The molecule has 0 aliphatic carbocycles. The van der Waals surface area contributed by atoms with Gasteiger partial charge in [0.2, 0.25) is 0 Å². The molecule has 0 atom stereocenters. The molecule has 1 N–H and O–H groups in total. The molecular formula is C14H9Cl2N3. The molecule has 3 aromatic rings. The predicted octanol–water partition coefficient (Wildman–Crippen LogP) is 4.45. The fourth-order valence-electron chi connectivity index (χ4n) is 1.82. The van der Waals surface area contributed by atoms with E-state index in [2.05, 4.69) is 15.0 Å². The Balaban J connectivity index is 2.04. The van der Waals surface area contributed by atoms with Crippen molar-refractivity contribution >= 4 is 23.2 Å². The fraction of sp³-hybridized carbons (Fsp3) is 0. The zero-order chi connectivity index (χ0) is 13.2. The van der Waals surface area contributed by atoms with Gasteiger partial charge < -0.3 is 4.98 Å². The maximum Gasteiger partial charge on any atom is 0.137 e. The number of nitrogens with one attached hydrogen (secondary N) is 1. The second-order valence-corrected chi connectivity index (χ2v) is 4.85. The van der Waals surface area contributed by atoms with E-state index in [1.165, 1.54) is 0 Å². The van der Waals surface area contributed by atoms with Crippen LogP contribution in [0, 0.1) is 0 Å². The molecule has 0 aliphatic rings. The summed E-state index contributed by atoms with van der Waals surface area (Å²) in [5.41, 5.74) is 2.64. The van der Waals surface area contributed by atoms with Crippen LogP contribution in [-0.2, 0) is 0 Å². The zero-order valence-electron chi connectivity index (χ0n) is 9.77. The average molecular weight is 290 g/mol. The summed E-state index contributed by atoms with van der Waals surface area (Å²) in [4.78, 5) is 11.6. The van der Waals surface area contributed by atoms with Crippen LogP contribution in [0.4, 0.5) is 0 Å². The molecule has 3 rings (SSSR count). The number of rotatable bonds is 2. The minimum Gasteiger partial charge on any atom is -0.338 e. The summed E-state index contributed by atoms with van der Waals surface area (Å²) in [6, 6.07) is 9.12. The van der Waals surface area contributed by atoms with E-state index in [0.717, 1.165) is 22.6 Å². The van der Waals surface area contributed by atoms with Crippen molar-refractivity contribution in [1.29, 1.82) is 0 Å². The van der Waals surface area contributed by atoms with Gasteiger partial charge >= 0.3 is 0 Å². The predicted molar refractivity (Wildman–Crippen MR) is 77.3 cm³/mol. The van der Waals surface area contributed by atoms with Crippen molar-refractivity contribution in [3.05, 3.63) is 59.0 Å². The topological polar surface area (TPSA) is 41.6 Å². The van der Waals surface area contributed by atoms with Gasteiger partial charge in [-0.3, -0.25) is 4.98 Å². The monoisotopic (exact) mass is 289 g/mol. The first-order valence-corrected chi connectivity index (χ1v) is 6.40. The zero-order valence-corrected chi connectivity index (χ0v) is 11.3. The Morgan fingerprint density at radius 3 is 2.58 bits per heavy atom. The van der Waals surface area contributed by atoms with Crippen LogP contribution in [0.2, 0.25) is 10.0 Å². The molecule has 0 bridgehead atoms. The van der Waals surface area contributed by atoms with Gasteiger partial charge in [-0.05, 0) is 30.3 Å². The number of halogens is 2. The normalized spacial score (nSPS) is 10.6. The van der Waals surface area contributed by atoms with Gasteiger partial charge in [-0.1, -0.05) is 23.2 Å². The highest BCUT2D eigenvalue weighted by Crippen LogP contribution is 2.30. The van der Waals surface area contributed by atoms with Crippen LogP contribution in [0.5, 0.6) is 0 Å². The molecule has 0 aliphatic heterocycles. The summed E-state index contributed by atoms with van der Waals surface area (Å²) in [6.07, 6.45) is 5.20. The van der Waals surface area contributed by atoms with Crippen molar-refractivity contribution in [2.24, 2.45) is 0 Å². The third-order valence-corrected chi connectivity index (χ3v) is 3.31. The molecule has 2 aromatic heterocycles. The molecule has 5 heteroatoms. The average Bonchev–Trinajstić information content (AvgIpc) is 2.92. The number of nitrogens with zero attached hydrogens (tertiary/aromatic N) is 2. The molecule has 0 amide bonds. The smallest absolute Gasteiger partial charge is 0.137 e. The molecule has 1 aromatic carbocycles. The van der Waals surface area contributed by atoms with Crippen LogP contribution in [0.25, 0.3) is 22.6 Å². The summed E-state index contributed by atoms with van der Waals surface area (Å²) in [5, 5.41) is 1.27. The Morgan fingerprint density at radius 1 is 1.00 bits per heavy atom. The van der Waals surface area contributed by atoms with Crippen molar-refractivity contribution < 1.29 is 0 Å². The standard InChI is InChI=1S/C14H9Cl2N3/c15-10-1-2-12(16)11(7-10)13-8-18-14(19-13)9-3-5-17-6-4-9/h1-8H,(H,18,19). The van der Waals surface area contributed by atoms with E-state index < -0.39 is 0 Å². The number of hydrogen-bond acceptors (Lipinski definition) is 2. The van der Waals surface area contributed by atoms with Gasteiger partial charge in [0.05, 0.1) is 16.9 Å². The van der Waals surface area contributed by atoms with Gasteiger partial charge in [0, 0.05) is 28.5 Å². The molecule has 0 saturated carbocycles. The van der Waals surface area contributed by atoms with E-state index in [0.29, 0.717) is 10.0 Å². The molecule has 94 valence electrons. The Labute approximate surface area is 120 Å². The minimum absolute atomic E-state index is 0.634. The summed E-state index contributed by atoms with van der Waals surface area (Å²) >= 11 is 12.2. The number of imidazole rings is 1. The molecule has 3 nitrogen and oxygen atoms in total. The highest BCUT2D eigenvalue weighted by atomic mass is 35.5. The summed E-state index contributed by atoms with van der Waals surface area (Å²) < 4.78 is 0. The third kappa shape index (κ3) is 2.48. The fourth-order valence-corrected chi connectivity index (χ4v) is 2.21. The van der Waals surface area contributed by atoms with Crippen molar-refractivity contribution in [2.75, 3.05) is 0 Å². The Morgan fingerprint density at radius 2 is 1.79 bits per heavy atom. The van der Waals surface area contributed by atoms with Gasteiger partial charge in [0.1, 0.15) is 5.82 Å². The summed E-state index contributed by atoms with van der Waals surface area (Å²) in [7, 11) is 0. The Hall–Kier alpha value is -1.84. The van der Waals surface area contributed by atoms with Gasteiger partial charge in [0.15, 0.2) is 0 Å². The number of benzene rings is 1. The molecule has 0 fully saturated rings. The van der Waals surface area contributed by atoms with Crippen LogP contribution in [0.15, 0.2) is 48.9 Å². The number of aromatic amines is 1. The van der Waals surface area contributed by atoms with E-state index in [1.54, 1.807) is 30.7 Å². The SMILES string of the molecule is Clc1ccc(Cl)c(-c2cnc(-c3ccncc3)[nH]2)c1. The lowest BCUT2D eigenvalue weighted by Gasteiger charge is -2.02. The van der Waals surface area contributed by atoms with Crippen LogP contribution < -0.4 is 0 Å². The number of pyridine rings is 1. The molecule has 19 heavy (non-hydrogen) atoms. The molecule has 0 radical (unpaired) electrons. The lowest BCUT2D eigenvalue weighted by atomic mass is 10.2. The number of hydrogen-bond donors (Lipinski definition) is 1. The van der Waals surface area contributed by atoms with Crippen molar-refractivity contribution in [1.82, 2.24) is 15.0 Å². The number of aromatic nitrogens is 3. The van der Waals surface area contributed by atoms with Gasteiger partial charge in [-0.2, -0.15) is 0 Å². The van der Waals surface area contributed by atoms with Gasteiger partial charge in [0.25, 0.3) is 0 Å². The van der Waals surface area contributed by atoms with E-state index >= 15 is 0 Å².